The third kappa shape index (κ3) is 2.96. The van der Waals surface area contributed by atoms with E-state index in [-0.39, 0.29) is 17.2 Å². The fourth-order valence-corrected chi connectivity index (χ4v) is 2.37. The van der Waals surface area contributed by atoms with Gasteiger partial charge in [-0.25, -0.2) is 4.79 Å². The molecule has 1 aliphatic heterocycles. The summed E-state index contributed by atoms with van der Waals surface area (Å²) in [6.07, 6.45) is 1.65. The molecule has 0 radical (unpaired) electrons. The fraction of sp³-hybridized carbons (Fsp3) is 0.105. The Labute approximate surface area is 139 Å². The van der Waals surface area contributed by atoms with Gasteiger partial charge in [-0.1, -0.05) is 48.0 Å². The van der Waals surface area contributed by atoms with Crippen molar-refractivity contribution in [2.45, 2.75) is 6.92 Å². The standard InChI is InChI=1S/C19H16N2O3/c1-13-8-10-14(11-9-13)12-16-17(19(23)24-2)20-21(18(16)22)15-6-4-3-5-7-15/h3-12H,1-2H3/b16-12-. The molecule has 24 heavy (non-hydrogen) atoms. The summed E-state index contributed by atoms with van der Waals surface area (Å²) in [4.78, 5) is 24.8. The normalized spacial score (nSPS) is 15.6. The first kappa shape index (κ1) is 15.7. The Hall–Kier alpha value is -3.21. The highest BCUT2D eigenvalue weighted by molar-refractivity contribution is 6.54. The Morgan fingerprint density at radius 1 is 1.08 bits per heavy atom. The van der Waals surface area contributed by atoms with Gasteiger partial charge in [0.05, 0.1) is 18.4 Å². The summed E-state index contributed by atoms with van der Waals surface area (Å²) in [5.41, 5.74) is 2.75. The number of nitrogens with zero attached hydrogens (tertiary/aromatic N) is 2. The molecule has 0 N–H and O–H groups in total. The summed E-state index contributed by atoms with van der Waals surface area (Å²) in [7, 11) is 1.27. The number of esters is 1. The summed E-state index contributed by atoms with van der Waals surface area (Å²) in [5, 5.41) is 5.38. The van der Waals surface area contributed by atoms with Gasteiger partial charge in [0.1, 0.15) is 0 Å². The highest BCUT2D eigenvalue weighted by Gasteiger charge is 2.35. The maximum Gasteiger partial charge on any atom is 0.359 e. The van der Waals surface area contributed by atoms with Crippen LogP contribution in [0.15, 0.2) is 65.3 Å². The summed E-state index contributed by atoms with van der Waals surface area (Å²) in [6.45, 7) is 1.98. The van der Waals surface area contributed by atoms with Crippen molar-refractivity contribution in [1.82, 2.24) is 0 Å². The number of ether oxygens (including phenoxy) is 1. The van der Waals surface area contributed by atoms with E-state index in [0.29, 0.717) is 5.69 Å². The number of carbonyl (C=O) groups is 2. The molecule has 2 aromatic rings. The molecule has 0 unspecified atom stereocenters. The first-order chi connectivity index (χ1) is 11.6. The molecule has 120 valence electrons. The second-order valence-corrected chi connectivity index (χ2v) is 5.36. The Bertz CT molecular complexity index is 837. The molecule has 3 rings (SSSR count). The number of para-hydroxylation sites is 1. The lowest BCUT2D eigenvalue weighted by Gasteiger charge is -2.10. The number of methoxy groups -OCH3 is 1. The molecule has 1 amide bonds. The van der Waals surface area contributed by atoms with Crippen LogP contribution in [-0.2, 0) is 14.3 Å². The monoisotopic (exact) mass is 320 g/mol. The van der Waals surface area contributed by atoms with Gasteiger partial charge in [0.15, 0.2) is 5.71 Å². The fourth-order valence-electron chi connectivity index (χ4n) is 2.37. The van der Waals surface area contributed by atoms with E-state index in [9.17, 15) is 9.59 Å². The van der Waals surface area contributed by atoms with Gasteiger partial charge in [-0.05, 0) is 30.7 Å². The summed E-state index contributed by atoms with van der Waals surface area (Å²) in [5.74, 6) is -0.998. The van der Waals surface area contributed by atoms with Gasteiger partial charge in [0.2, 0.25) is 0 Å². The molecule has 0 fully saturated rings. The van der Waals surface area contributed by atoms with Crippen LogP contribution in [0, 0.1) is 6.92 Å². The van der Waals surface area contributed by atoms with Gasteiger partial charge >= 0.3 is 5.97 Å². The van der Waals surface area contributed by atoms with Gasteiger partial charge in [-0.15, -0.1) is 0 Å². The summed E-state index contributed by atoms with van der Waals surface area (Å²) in [6, 6.07) is 16.6. The molecular formula is C19H16N2O3. The Balaban J connectivity index is 2.04. The van der Waals surface area contributed by atoms with Crippen LogP contribution in [0.2, 0.25) is 0 Å². The quantitative estimate of drug-likeness (QED) is 0.645. The van der Waals surface area contributed by atoms with Gasteiger partial charge in [0.25, 0.3) is 5.91 Å². The van der Waals surface area contributed by atoms with Crippen LogP contribution in [0.1, 0.15) is 11.1 Å². The van der Waals surface area contributed by atoms with E-state index in [2.05, 4.69) is 5.10 Å². The molecule has 0 bridgehead atoms. The van der Waals surface area contributed by atoms with E-state index < -0.39 is 5.97 Å². The lowest BCUT2D eigenvalue weighted by Crippen LogP contribution is -2.22. The Morgan fingerprint density at radius 2 is 1.75 bits per heavy atom. The second kappa shape index (κ2) is 6.50. The number of hydrazone groups is 1. The van der Waals surface area contributed by atoms with Gasteiger partial charge in [0, 0.05) is 0 Å². The van der Waals surface area contributed by atoms with Crippen molar-refractivity contribution in [2.24, 2.45) is 5.10 Å². The number of hydrogen-bond donors (Lipinski definition) is 0. The predicted octanol–water partition coefficient (Wildman–Crippen LogP) is 2.95. The van der Waals surface area contributed by atoms with Crippen molar-refractivity contribution >= 4 is 29.4 Å². The number of aryl methyl sites for hydroxylation is 1. The number of benzene rings is 2. The van der Waals surface area contributed by atoms with Crippen molar-refractivity contribution in [1.29, 1.82) is 0 Å². The Kier molecular flexibility index (Phi) is 4.24. The SMILES string of the molecule is COC(=O)C1=NN(c2ccccc2)C(=O)/C1=C\c1ccc(C)cc1. The van der Waals surface area contributed by atoms with E-state index in [4.69, 9.17) is 4.74 Å². The topological polar surface area (TPSA) is 59.0 Å². The maximum atomic E-state index is 12.7. The number of amides is 1. The molecule has 1 aliphatic rings. The first-order valence-corrected chi connectivity index (χ1v) is 7.45. The van der Waals surface area contributed by atoms with Gasteiger partial charge in [-0.3, -0.25) is 4.79 Å². The van der Waals surface area contributed by atoms with E-state index in [1.165, 1.54) is 12.1 Å². The van der Waals surface area contributed by atoms with Crippen LogP contribution in [-0.4, -0.2) is 24.7 Å². The largest absolute Gasteiger partial charge is 0.464 e. The average Bonchev–Trinajstić information content (AvgIpc) is 2.94. The van der Waals surface area contributed by atoms with E-state index in [0.717, 1.165) is 11.1 Å². The lowest BCUT2D eigenvalue weighted by molar-refractivity contribution is -0.132. The average molecular weight is 320 g/mol. The summed E-state index contributed by atoms with van der Waals surface area (Å²) < 4.78 is 4.76. The predicted molar refractivity (Wildman–Crippen MR) is 92.5 cm³/mol. The second-order valence-electron chi connectivity index (χ2n) is 5.36. The third-order valence-corrected chi connectivity index (χ3v) is 3.65. The zero-order valence-corrected chi connectivity index (χ0v) is 13.4. The van der Waals surface area contributed by atoms with E-state index in [1.807, 2.05) is 37.3 Å². The highest BCUT2D eigenvalue weighted by atomic mass is 16.5. The lowest BCUT2D eigenvalue weighted by atomic mass is 10.1. The van der Waals surface area contributed by atoms with Gasteiger partial charge in [-0.2, -0.15) is 10.1 Å². The number of rotatable bonds is 3. The van der Waals surface area contributed by atoms with Crippen molar-refractivity contribution in [3.05, 3.63) is 71.3 Å². The van der Waals surface area contributed by atoms with Crippen molar-refractivity contribution in [3.8, 4) is 0 Å². The van der Waals surface area contributed by atoms with Crippen LogP contribution >= 0.6 is 0 Å². The molecule has 2 aromatic carbocycles. The first-order valence-electron chi connectivity index (χ1n) is 7.45. The molecule has 0 spiro atoms. The van der Waals surface area contributed by atoms with Crippen LogP contribution in [0.4, 0.5) is 5.69 Å². The molecule has 0 saturated heterocycles. The molecule has 0 atom stereocenters. The minimum absolute atomic E-state index is 0.00641. The minimum Gasteiger partial charge on any atom is -0.464 e. The maximum absolute atomic E-state index is 12.7. The molecule has 5 heteroatoms. The van der Waals surface area contributed by atoms with Gasteiger partial charge < -0.3 is 4.74 Å². The zero-order chi connectivity index (χ0) is 17.1. The van der Waals surface area contributed by atoms with Crippen LogP contribution < -0.4 is 5.01 Å². The molecule has 5 nitrogen and oxygen atoms in total. The molecule has 0 aromatic heterocycles. The Morgan fingerprint density at radius 3 is 2.38 bits per heavy atom. The minimum atomic E-state index is -0.639. The smallest absolute Gasteiger partial charge is 0.359 e. The molecule has 0 saturated carbocycles. The third-order valence-electron chi connectivity index (χ3n) is 3.65. The number of anilines is 1. The van der Waals surface area contributed by atoms with Crippen LogP contribution in [0.25, 0.3) is 6.08 Å². The van der Waals surface area contributed by atoms with Crippen LogP contribution in [0.5, 0.6) is 0 Å². The zero-order valence-electron chi connectivity index (χ0n) is 13.4. The number of hydrogen-bond acceptors (Lipinski definition) is 4. The number of carbonyl (C=O) groups excluding carboxylic acids is 2. The van der Waals surface area contributed by atoms with Crippen molar-refractivity contribution < 1.29 is 14.3 Å². The molecule has 1 heterocycles. The molecule has 0 aliphatic carbocycles. The van der Waals surface area contributed by atoms with Crippen molar-refractivity contribution in [3.63, 3.8) is 0 Å². The van der Waals surface area contributed by atoms with Crippen molar-refractivity contribution in [2.75, 3.05) is 12.1 Å². The van der Waals surface area contributed by atoms with E-state index >= 15 is 0 Å². The molecular weight excluding hydrogens is 304 g/mol. The van der Waals surface area contributed by atoms with Crippen LogP contribution in [0.3, 0.4) is 0 Å². The summed E-state index contributed by atoms with van der Waals surface area (Å²) >= 11 is 0. The van der Waals surface area contributed by atoms with E-state index in [1.54, 1.807) is 30.3 Å². The highest BCUT2D eigenvalue weighted by Crippen LogP contribution is 2.25.